The standard InChI is InChI=1S/C25H31NO4/c27-20-7-8-24-21(14-20)22(28)15-25(30-24)9-11-26(12-10-25)16-23(29)19-6-5-17-3-1-2-4-18(17)13-19/h5-8,13-14,22-23,27-29H,1-4,9-12,15-16H2. The van der Waals surface area contributed by atoms with Gasteiger partial charge in [-0.05, 0) is 73.4 Å². The molecule has 5 nitrogen and oxygen atoms in total. The maximum Gasteiger partial charge on any atom is 0.126 e. The number of phenols is 1. The van der Waals surface area contributed by atoms with Gasteiger partial charge in [0.15, 0.2) is 0 Å². The summed E-state index contributed by atoms with van der Waals surface area (Å²) in [7, 11) is 0. The van der Waals surface area contributed by atoms with Crippen molar-refractivity contribution in [2.45, 2.75) is 62.8 Å². The van der Waals surface area contributed by atoms with Gasteiger partial charge >= 0.3 is 0 Å². The van der Waals surface area contributed by atoms with E-state index in [1.54, 1.807) is 18.2 Å². The van der Waals surface area contributed by atoms with E-state index < -0.39 is 12.2 Å². The first-order chi connectivity index (χ1) is 14.5. The Labute approximate surface area is 177 Å². The fourth-order valence-electron chi connectivity index (χ4n) is 5.39. The molecule has 2 aliphatic heterocycles. The number of aliphatic hydroxyl groups excluding tert-OH is 2. The summed E-state index contributed by atoms with van der Waals surface area (Å²) >= 11 is 0. The Balaban J connectivity index is 1.22. The van der Waals surface area contributed by atoms with Gasteiger partial charge < -0.3 is 25.0 Å². The highest BCUT2D eigenvalue weighted by Crippen LogP contribution is 2.45. The average molecular weight is 410 g/mol. The van der Waals surface area contributed by atoms with Crippen LogP contribution in [0.25, 0.3) is 0 Å². The van der Waals surface area contributed by atoms with Crippen molar-refractivity contribution in [1.82, 2.24) is 4.90 Å². The number of hydrogen-bond acceptors (Lipinski definition) is 5. The largest absolute Gasteiger partial charge is 0.508 e. The third kappa shape index (κ3) is 3.82. The van der Waals surface area contributed by atoms with Crippen LogP contribution in [0, 0.1) is 0 Å². The van der Waals surface area contributed by atoms with Crippen molar-refractivity contribution in [1.29, 1.82) is 0 Å². The minimum atomic E-state index is -0.617. The van der Waals surface area contributed by atoms with Crippen LogP contribution >= 0.6 is 0 Å². The summed E-state index contributed by atoms with van der Waals surface area (Å²) in [6.07, 6.45) is 5.90. The predicted octanol–water partition coefficient (Wildman–Crippen LogP) is 3.66. The Morgan fingerprint density at radius 2 is 1.80 bits per heavy atom. The van der Waals surface area contributed by atoms with E-state index in [0.29, 0.717) is 24.3 Å². The molecule has 1 aliphatic carbocycles. The monoisotopic (exact) mass is 409 g/mol. The lowest BCUT2D eigenvalue weighted by Crippen LogP contribution is -2.51. The van der Waals surface area contributed by atoms with Crippen molar-refractivity contribution >= 4 is 0 Å². The van der Waals surface area contributed by atoms with Crippen LogP contribution in [0.2, 0.25) is 0 Å². The van der Waals surface area contributed by atoms with Crippen LogP contribution in [0.5, 0.6) is 11.5 Å². The molecule has 0 bridgehead atoms. The van der Waals surface area contributed by atoms with Crippen LogP contribution in [0.4, 0.5) is 0 Å². The van der Waals surface area contributed by atoms with Crippen LogP contribution in [-0.2, 0) is 12.8 Å². The van der Waals surface area contributed by atoms with Gasteiger partial charge in [0.2, 0.25) is 0 Å². The van der Waals surface area contributed by atoms with E-state index in [1.807, 2.05) is 0 Å². The van der Waals surface area contributed by atoms with Crippen molar-refractivity contribution in [3.63, 3.8) is 0 Å². The summed E-state index contributed by atoms with van der Waals surface area (Å²) in [6, 6.07) is 11.4. The van der Waals surface area contributed by atoms with E-state index in [0.717, 1.165) is 44.3 Å². The van der Waals surface area contributed by atoms with Crippen LogP contribution in [-0.4, -0.2) is 45.5 Å². The van der Waals surface area contributed by atoms with Crippen molar-refractivity contribution in [2.75, 3.05) is 19.6 Å². The first kappa shape index (κ1) is 19.9. The highest BCUT2D eigenvalue weighted by Gasteiger charge is 2.43. The third-order valence-electron chi connectivity index (χ3n) is 7.20. The highest BCUT2D eigenvalue weighted by atomic mass is 16.5. The Kier molecular flexibility index (Phi) is 5.21. The van der Waals surface area contributed by atoms with Gasteiger partial charge in [-0.1, -0.05) is 18.2 Å². The SMILES string of the molecule is Oc1ccc2c(c1)C(O)CC1(CCN(CC(O)c3ccc4c(c3)CCCC4)CC1)O2. The summed E-state index contributed by atoms with van der Waals surface area (Å²) in [5, 5.41) is 31.1. The maximum absolute atomic E-state index is 10.8. The normalized spacial score (nSPS) is 24.0. The number of aryl methyl sites for hydroxylation is 2. The molecule has 30 heavy (non-hydrogen) atoms. The summed E-state index contributed by atoms with van der Waals surface area (Å²) in [5.74, 6) is 0.826. The minimum Gasteiger partial charge on any atom is -0.508 e. The topological polar surface area (TPSA) is 73.2 Å². The first-order valence-electron chi connectivity index (χ1n) is 11.2. The molecule has 1 spiro atoms. The van der Waals surface area contributed by atoms with Gasteiger partial charge in [-0.15, -0.1) is 0 Å². The first-order valence-corrected chi connectivity index (χ1v) is 11.2. The van der Waals surface area contributed by atoms with E-state index >= 15 is 0 Å². The van der Waals surface area contributed by atoms with Gasteiger partial charge in [0.1, 0.15) is 17.1 Å². The fraction of sp³-hybridized carbons (Fsp3) is 0.520. The van der Waals surface area contributed by atoms with Crippen LogP contribution in [0.1, 0.15) is 66.6 Å². The van der Waals surface area contributed by atoms with Crippen molar-refractivity contribution in [3.8, 4) is 11.5 Å². The molecule has 0 saturated carbocycles. The molecule has 2 atom stereocenters. The number of aromatic hydroxyl groups is 1. The Morgan fingerprint density at radius 3 is 2.60 bits per heavy atom. The Bertz CT molecular complexity index is 919. The zero-order valence-electron chi connectivity index (χ0n) is 17.4. The van der Waals surface area contributed by atoms with Crippen molar-refractivity contribution in [2.24, 2.45) is 0 Å². The molecule has 1 fully saturated rings. The van der Waals surface area contributed by atoms with E-state index in [9.17, 15) is 15.3 Å². The zero-order chi connectivity index (χ0) is 20.7. The molecule has 2 aromatic rings. The molecule has 2 aromatic carbocycles. The molecule has 3 N–H and O–H groups in total. The van der Waals surface area contributed by atoms with E-state index in [1.165, 1.54) is 24.0 Å². The number of aliphatic hydroxyl groups is 2. The smallest absolute Gasteiger partial charge is 0.126 e. The number of likely N-dealkylation sites (tertiary alicyclic amines) is 1. The molecule has 2 unspecified atom stereocenters. The lowest BCUT2D eigenvalue weighted by molar-refractivity contribution is -0.0588. The Morgan fingerprint density at radius 1 is 1.03 bits per heavy atom. The predicted molar refractivity (Wildman–Crippen MR) is 115 cm³/mol. The zero-order valence-corrected chi connectivity index (χ0v) is 17.4. The van der Waals surface area contributed by atoms with Gasteiger partial charge in [0, 0.05) is 31.6 Å². The Hall–Kier alpha value is -2.08. The molecule has 0 amide bonds. The molecular formula is C25H31NO4. The number of rotatable bonds is 3. The van der Waals surface area contributed by atoms with E-state index in [4.69, 9.17) is 4.74 Å². The molecule has 160 valence electrons. The van der Waals surface area contributed by atoms with Crippen LogP contribution < -0.4 is 4.74 Å². The minimum absolute atomic E-state index is 0.151. The summed E-state index contributed by atoms with van der Waals surface area (Å²) in [4.78, 5) is 2.30. The van der Waals surface area contributed by atoms with Gasteiger partial charge in [0.05, 0.1) is 12.2 Å². The average Bonchev–Trinajstić information content (AvgIpc) is 2.76. The molecule has 2 heterocycles. The number of hydrogen-bond donors (Lipinski definition) is 3. The number of β-amino-alcohol motifs (C(OH)–C–C–N with tert-alkyl or cyclic N) is 1. The quantitative estimate of drug-likeness (QED) is 0.722. The van der Waals surface area contributed by atoms with Crippen LogP contribution in [0.15, 0.2) is 36.4 Å². The summed E-state index contributed by atoms with van der Waals surface area (Å²) in [6.45, 7) is 2.30. The maximum atomic E-state index is 10.8. The van der Waals surface area contributed by atoms with Gasteiger partial charge in [-0.2, -0.15) is 0 Å². The summed E-state index contributed by atoms with van der Waals surface area (Å²) in [5.41, 5.74) is 4.18. The lowest BCUT2D eigenvalue weighted by Gasteiger charge is -2.46. The summed E-state index contributed by atoms with van der Waals surface area (Å²) < 4.78 is 6.33. The molecular weight excluding hydrogens is 378 g/mol. The molecule has 5 heteroatoms. The molecule has 3 aliphatic rings. The number of fused-ring (bicyclic) bond motifs is 2. The molecule has 0 radical (unpaired) electrons. The number of ether oxygens (including phenoxy) is 1. The fourth-order valence-corrected chi connectivity index (χ4v) is 5.39. The lowest BCUT2D eigenvalue weighted by atomic mass is 9.81. The second kappa shape index (κ2) is 7.88. The molecule has 0 aromatic heterocycles. The number of phenolic OH excluding ortho intramolecular Hbond substituents is 1. The van der Waals surface area contributed by atoms with Gasteiger partial charge in [-0.3, -0.25) is 0 Å². The van der Waals surface area contributed by atoms with E-state index in [-0.39, 0.29) is 11.4 Å². The van der Waals surface area contributed by atoms with E-state index in [2.05, 4.69) is 23.1 Å². The van der Waals surface area contributed by atoms with Gasteiger partial charge in [0.25, 0.3) is 0 Å². The molecule has 1 saturated heterocycles. The second-order valence-electron chi connectivity index (χ2n) is 9.28. The second-order valence-corrected chi connectivity index (χ2v) is 9.28. The van der Waals surface area contributed by atoms with Crippen LogP contribution in [0.3, 0.4) is 0 Å². The molecule has 5 rings (SSSR count). The van der Waals surface area contributed by atoms with Crippen molar-refractivity contribution in [3.05, 3.63) is 58.7 Å². The van der Waals surface area contributed by atoms with Crippen molar-refractivity contribution < 1.29 is 20.1 Å². The third-order valence-corrected chi connectivity index (χ3v) is 7.20. The van der Waals surface area contributed by atoms with Gasteiger partial charge in [-0.25, -0.2) is 0 Å². The number of benzene rings is 2. The number of piperidine rings is 1. The number of nitrogens with zero attached hydrogens (tertiary/aromatic N) is 1. The highest BCUT2D eigenvalue weighted by molar-refractivity contribution is 5.43.